The Morgan fingerprint density at radius 1 is 1.13 bits per heavy atom. The minimum absolute atomic E-state index is 0.210. The zero-order valence-electron chi connectivity index (χ0n) is 17.5. The summed E-state index contributed by atoms with van der Waals surface area (Å²) in [5.74, 6) is 0.789. The van der Waals surface area contributed by atoms with Gasteiger partial charge in [-0.3, -0.25) is 4.79 Å². The summed E-state index contributed by atoms with van der Waals surface area (Å²) in [5.41, 5.74) is 3.57. The molecule has 0 fully saturated rings. The molecule has 1 amide bonds. The average Bonchev–Trinajstić information content (AvgIpc) is 2.87. The van der Waals surface area contributed by atoms with E-state index in [2.05, 4.69) is 14.9 Å². The summed E-state index contributed by atoms with van der Waals surface area (Å²) in [7, 11) is -3.25. The molecule has 1 atom stereocenters. The highest BCUT2D eigenvalue weighted by molar-refractivity contribution is 7.90. The number of carbonyl (C=O) groups excluding carboxylic acids is 1. The second kappa shape index (κ2) is 7.83. The third-order valence-corrected chi connectivity index (χ3v) is 6.72. The lowest BCUT2D eigenvalue weighted by Gasteiger charge is -2.15. The van der Waals surface area contributed by atoms with Gasteiger partial charge in [-0.25, -0.2) is 18.4 Å². The Labute approximate surface area is 176 Å². The number of aromatic nitrogens is 3. The van der Waals surface area contributed by atoms with Crippen LogP contribution in [0, 0.1) is 6.92 Å². The Morgan fingerprint density at radius 3 is 2.57 bits per heavy atom. The SMILES string of the molecule is Cc1cc(C(=O)N[C@H](C)c2ccc(S(C)(=O)=O)cc2)c2nc3n(c2n1)CCCCC3. The third-order valence-electron chi connectivity index (χ3n) is 5.59. The predicted molar refractivity (Wildman–Crippen MR) is 115 cm³/mol. The molecule has 7 nitrogen and oxygen atoms in total. The number of nitrogens with one attached hydrogen (secondary N) is 1. The molecule has 0 bridgehead atoms. The van der Waals surface area contributed by atoms with E-state index in [0.717, 1.165) is 48.5 Å². The van der Waals surface area contributed by atoms with Gasteiger partial charge in [-0.15, -0.1) is 0 Å². The Kier molecular flexibility index (Phi) is 5.36. The molecular weight excluding hydrogens is 400 g/mol. The number of hydrogen-bond donors (Lipinski definition) is 1. The van der Waals surface area contributed by atoms with Gasteiger partial charge in [-0.2, -0.15) is 0 Å². The van der Waals surface area contributed by atoms with Gasteiger partial charge in [0.05, 0.1) is 16.5 Å². The first-order chi connectivity index (χ1) is 14.2. The molecule has 0 spiro atoms. The summed E-state index contributed by atoms with van der Waals surface area (Å²) in [5, 5.41) is 3.02. The summed E-state index contributed by atoms with van der Waals surface area (Å²) < 4.78 is 25.5. The van der Waals surface area contributed by atoms with Gasteiger partial charge < -0.3 is 9.88 Å². The molecule has 4 rings (SSSR count). The van der Waals surface area contributed by atoms with Crippen molar-refractivity contribution >= 4 is 26.9 Å². The summed E-state index contributed by atoms with van der Waals surface area (Å²) >= 11 is 0. The van der Waals surface area contributed by atoms with Gasteiger partial charge in [0, 0.05) is 24.9 Å². The number of amides is 1. The van der Waals surface area contributed by atoms with Crippen molar-refractivity contribution in [1.29, 1.82) is 0 Å². The molecule has 0 saturated carbocycles. The monoisotopic (exact) mass is 426 g/mol. The Morgan fingerprint density at radius 2 is 1.87 bits per heavy atom. The number of benzene rings is 1. The van der Waals surface area contributed by atoms with E-state index >= 15 is 0 Å². The zero-order valence-corrected chi connectivity index (χ0v) is 18.3. The lowest BCUT2D eigenvalue weighted by Crippen LogP contribution is -2.27. The standard InChI is InChI=1S/C22H26N4O3S/c1-14-13-18(20-21(23-14)26-12-6-4-5-7-19(26)25-20)22(27)24-15(2)16-8-10-17(11-9-16)30(3,28)29/h8-11,13,15H,4-7,12H2,1-3H3,(H,24,27)/t15-/m1/s1. The average molecular weight is 427 g/mol. The summed E-state index contributed by atoms with van der Waals surface area (Å²) in [6.45, 7) is 4.65. The molecule has 0 aliphatic carbocycles. The van der Waals surface area contributed by atoms with Crippen molar-refractivity contribution in [2.45, 2.75) is 57.0 Å². The molecule has 30 heavy (non-hydrogen) atoms. The highest BCUT2D eigenvalue weighted by Gasteiger charge is 2.22. The van der Waals surface area contributed by atoms with Crippen molar-refractivity contribution in [3.63, 3.8) is 0 Å². The molecular formula is C22H26N4O3S. The highest BCUT2D eigenvalue weighted by atomic mass is 32.2. The van der Waals surface area contributed by atoms with Gasteiger partial charge >= 0.3 is 0 Å². The first-order valence-electron chi connectivity index (χ1n) is 10.2. The molecule has 0 unspecified atom stereocenters. The fourth-order valence-corrected chi connectivity index (χ4v) is 4.58. The van der Waals surface area contributed by atoms with Crippen molar-refractivity contribution < 1.29 is 13.2 Å². The largest absolute Gasteiger partial charge is 0.345 e. The van der Waals surface area contributed by atoms with Crippen molar-refractivity contribution in [1.82, 2.24) is 19.9 Å². The molecule has 0 saturated heterocycles. The maximum absolute atomic E-state index is 13.1. The van der Waals surface area contributed by atoms with Gasteiger partial charge in [-0.05, 0) is 50.5 Å². The Bertz CT molecular complexity index is 1210. The van der Waals surface area contributed by atoms with Crippen LogP contribution in [-0.2, 0) is 22.8 Å². The summed E-state index contributed by atoms with van der Waals surface area (Å²) in [4.78, 5) is 22.8. The first kappa shape index (κ1) is 20.5. The topological polar surface area (TPSA) is 94.0 Å². The number of aryl methyl sites for hydroxylation is 3. The quantitative estimate of drug-likeness (QED) is 0.690. The van der Waals surface area contributed by atoms with Crippen LogP contribution >= 0.6 is 0 Å². The maximum Gasteiger partial charge on any atom is 0.254 e. The van der Waals surface area contributed by atoms with Gasteiger partial charge in [-0.1, -0.05) is 18.6 Å². The van der Waals surface area contributed by atoms with Crippen LogP contribution in [-0.4, -0.2) is 35.1 Å². The molecule has 2 aromatic heterocycles. The lowest BCUT2D eigenvalue weighted by atomic mass is 10.1. The van der Waals surface area contributed by atoms with E-state index in [4.69, 9.17) is 4.98 Å². The van der Waals surface area contributed by atoms with E-state index in [-0.39, 0.29) is 16.8 Å². The van der Waals surface area contributed by atoms with Crippen LogP contribution < -0.4 is 5.32 Å². The van der Waals surface area contributed by atoms with Crippen LogP contribution in [0.25, 0.3) is 11.2 Å². The fraction of sp³-hybridized carbons (Fsp3) is 0.409. The van der Waals surface area contributed by atoms with E-state index in [9.17, 15) is 13.2 Å². The lowest BCUT2D eigenvalue weighted by molar-refractivity contribution is 0.0941. The maximum atomic E-state index is 13.1. The normalized spacial score (nSPS) is 15.4. The number of rotatable bonds is 4. The van der Waals surface area contributed by atoms with Gasteiger partial charge in [0.15, 0.2) is 15.5 Å². The highest BCUT2D eigenvalue weighted by Crippen LogP contribution is 2.25. The van der Waals surface area contributed by atoms with Crippen LogP contribution in [0.1, 0.15) is 59.7 Å². The molecule has 1 aromatic carbocycles. The smallest absolute Gasteiger partial charge is 0.254 e. The van der Waals surface area contributed by atoms with Crippen LogP contribution in [0.2, 0.25) is 0 Å². The Hall–Kier alpha value is -2.74. The van der Waals surface area contributed by atoms with Crippen LogP contribution in [0.5, 0.6) is 0 Å². The van der Waals surface area contributed by atoms with E-state index in [0.29, 0.717) is 11.1 Å². The molecule has 1 aliphatic rings. The van der Waals surface area contributed by atoms with E-state index in [1.807, 2.05) is 13.8 Å². The summed E-state index contributed by atoms with van der Waals surface area (Å²) in [6.07, 6.45) is 5.45. The molecule has 1 N–H and O–H groups in total. The molecule has 8 heteroatoms. The Balaban J connectivity index is 1.63. The minimum Gasteiger partial charge on any atom is -0.345 e. The summed E-state index contributed by atoms with van der Waals surface area (Å²) in [6, 6.07) is 8.09. The van der Waals surface area contributed by atoms with Crippen molar-refractivity contribution in [2.75, 3.05) is 6.26 Å². The molecule has 0 radical (unpaired) electrons. The van der Waals surface area contributed by atoms with Crippen LogP contribution in [0.3, 0.4) is 0 Å². The van der Waals surface area contributed by atoms with Crippen molar-refractivity contribution in [3.05, 3.63) is 53.0 Å². The number of fused-ring (bicyclic) bond motifs is 3. The second-order valence-electron chi connectivity index (χ2n) is 8.01. The second-order valence-corrected chi connectivity index (χ2v) is 10.0. The number of nitrogens with zero attached hydrogens (tertiary/aromatic N) is 3. The molecule has 3 heterocycles. The number of imidazole rings is 1. The van der Waals surface area contributed by atoms with Crippen LogP contribution in [0.15, 0.2) is 35.2 Å². The van der Waals surface area contributed by atoms with Gasteiger partial charge in [0.2, 0.25) is 0 Å². The molecule has 158 valence electrons. The number of carbonyl (C=O) groups is 1. The minimum atomic E-state index is -3.25. The van der Waals surface area contributed by atoms with Crippen LogP contribution in [0.4, 0.5) is 0 Å². The van der Waals surface area contributed by atoms with Gasteiger partial charge in [0.25, 0.3) is 5.91 Å². The first-order valence-corrected chi connectivity index (χ1v) is 12.1. The third kappa shape index (κ3) is 3.96. The molecule has 3 aromatic rings. The molecule has 1 aliphatic heterocycles. The number of sulfone groups is 1. The van der Waals surface area contributed by atoms with E-state index < -0.39 is 9.84 Å². The fourth-order valence-electron chi connectivity index (χ4n) is 3.95. The van der Waals surface area contributed by atoms with Gasteiger partial charge in [0.1, 0.15) is 11.3 Å². The predicted octanol–water partition coefficient (Wildman–Crippen LogP) is 3.36. The number of hydrogen-bond acceptors (Lipinski definition) is 5. The van der Waals surface area contributed by atoms with Crippen molar-refractivity contribution in [2.24, 2.45) is 0 Å². The van der Waals surface area contributed by atoms with Crippen molar-refractivity contribution in [3.8, 4) is 0 Å². The van der Waals surface area contributed by atoms with E-state index in [1.165, 1.54) is 12.7 Å². The van der Waals surface area contributed by atoms with E-state index in [1.54, 1.807) is 30.3 Å². The zero-order chi connectivity index (χ0) is 21.5. The number of pyridine rings is 1.